The molecule has 2 nitrogen and oxygen atoms in total. The highest BCUT2D eigenvalue weighted by atomic mass is 32.1. The van der Waals surface area contributed by atoms with Crippen molar-refractivity contribution < 1.29 is 0 Å². The van der Waals surface area contributed by atoms with Crippen LogP contribution in [0.4, 0.5) is 0 Å². The molecule has 0 saturated heterocycles. The van der Waals surface area contributed by atoms with E-state index in [2.05, 4.69) is 36.6 Å². The lowest BCUT2D eigenvalue weighted by Gasteiger charge is -2.43. The molecule has 3 heteroatoms. The van der Waals surface area contributed by atoms with Crippen LogP contribution in [-0.2, 0) is 5.54 Å². The van der Waals surface area contributed by atoms with Crippen LogP contribution in [-0.4, -0.2) is 12.0 Å². The minimum atomic E-state index is 0.131. The molecular weight excluding hydrogens is 204 g/mol. The highest BCUT2D eigenvalue weighted by Crippen LogP contribution is 2.44. The summed E-state index contributed by atoms with van der Waals surface area (Å²) in [6.45, 7) is 4.70. The Hall–Kier alpha value is -0.410. The van der Waals surface area contributed by atoms with Crippen molar-refractivity contribution in [1.29, 1.82) is 0 Å². The number of nitrogens with one attached hydrogen (secondary N) is 1. The standard InChI is InChI=1S/C12H20N2S/c1-9-4-5-10(2)12(8-9,13-3)11-14-6-7-15-11/h6-7,9-10,13H,4-5,8H2,1-3H3. The van der Waals surface area contributed by atoms with Gasteiger partial charge in [0.15, 0.2) is 0 Å². The molecule has 0 aliphatic heterocycles. The predicted octanol–water partition coefficient (Wildman–Crippen LogP) is 3.01. The Kier molecular flexibility index (Phi) is 3.12. The molecule has 1 fully saturated rings. The molecule has 15 heavy (non-hydrogen) atoms. The van der Waals surface area contributed by atoms with Crippen molar-refractivity contribution in [3.8, 4) is 0 Å². The summed E-state index contributed by atoms with van der Waals surface area (Å²) in [5.41, 5.74) is 0.131. The molecule has 1 aromatic rings. The molecule has 2 rings (SSSR count). The van der Waals surface area contributed by atoms with Crippen molar-refractivity contribution >= 4 is 11.3 Å². The number of rotatable bonds is 2. The lowest BCUT2D eigenvalue weighted by atomic mass is 9.70. The Morgan fingerprint density at radius 1 is 1.47 bits per heavy atom. The van der Waals surface area contributed by atoms with Crippen LogP contribution >= 0.6 is 11.3 Å². The van der Waals surface area contributed by atoms with Gasteiger partial charge in [0.25, 0.3) is 0 Å². The zero-order chi connectivity index (χ0) is 10.9. The van der Waals surface area contributed by atoms with Crippen molar-refractivity contribution in [3.05, 3.63) is 16.6 Å². The maximum Gasteiger partial charge on any atom is 0.113 e. The van der Waals surface area contributed by atoms with E-state index in [1.165, 1.54) is 24.3 Å². The van der Waals surface area contributed by atoms with Crippen LogP contribution in [0.3, 0.4) is 0 Å². The van der Waals surface area contributed by atoms with E-state index in [-0.39, 0.29) is 5.54 Å². The molecule has 1 aliphatic carbocycles. The Labute approximate surface area is 96.1 Å². The molecule has 0 amide bonds. The van der Waals surface area contributed by atoms with Gasteiger partial charge in [-0.15, -0.1) is 11.3 Å². The van der Waals surface area contributed by atoms with Gasteiger partial charge in [-0.25, -0.2) is 4.98 Å². The van der Waals surface area contributed by atoms with E-state index in [1.54, 1.807) is 11.3 Å². The zero-order valence-corrected chi connectivity index (χ0v) is 10.6. The number of aromatic nitrogens is 1. The first kappa shape index (κ1) is 11.1. The van der Waals surface area contributed by atoms with Crippen LogP contribution in [0, 0.1) is 11.8 Å². The van der Waals surface area contributed by atoms with Gasteiger partial charge in [-0.2, -0.15) is 0 Å². The number of thiazole rings is 1. The summed E-state index contributed by atoms with van der Waals surface area (Å²) < 4.78 is 0. The molecular formula is C12H20N2S. The van der Waals surface area contributed by atoms with E-state index in [0.717, 1.165) is 5.92 Å². The molecule has 3 unspecified atom stereocenters. The highest BCUT2D eigenvalue weighted by Gasteiger charge is 2.42. The van der Waals surface area contributed by atoms with Crippen LogP contribution < -0.4 is 5.32 Å². The van der Waals surface area contributed by atoms with E-state index in [0.29, 0.717) is 5.92 Å². The molecule has 1 heterocycles. The highest BCUT2D eigenvalue weighted by molar-refractivity contribution is 7.09. The summed E-state index contributed by atoms with van der Waals surface area (Å²) in [5.74, 6) is 1.49. The van der Waals surface area contributed by atoms with Crippen LogP contribution in [0.5, 0.6) is 0 Å². The molecule has 0 spiro atoms. The van der Waals surface area contributed by atoms with E-state index in [9.17, 15) is 0 Å². The largest absolute Gasteiger partial charge is 0.308 e. The molecule has 0 bridgehead atoms. The zero-order valence-electron chi connectivity index (χ0n) is 9.79. The summed E-state index contributed by atoms with van der Waals surface area (Å²) in [6, 6.07) is 0. The second kappa shape index (κ2) is 4.22. The van der Waals surface area contributed by atoms with Crippen molar-refractivity contribution in [2.24, 2.45) is 11.8 Å². The number of hydrogen-bond donors (Lipinski definition) is 1. The first-order valence-electron chi connectivity index (χ1n) is 5.78. The minimum Gasteiger partial charge on any atom is -0.308 e. The first-order valence-corrected chi connectivity index (χ1v) is 6.66. The summed E-state index contributed by atoms with van der Waals surface area (Å²) in [5, 5.41) is 6.90. The Morgan fingerprint density at radius 3 is 2.87 bits per heavy atom. The average molecular weight is 224 g/mol. The maximum atomic E-state index is 4.52. The molecule has 0 aromatic carbocycles. The second-order valence-corrected chi connectivity index (χ2v) is 5.74. The molecule has 1 N–H and O–H groups in total. The van der Waals surface area contributed by atoms with Crippen LogP contribution in [0.1, 0.15) is 38.1 Å². The Bertz CT molecular complexity index is 309. The van der Waals surface area contributed by atoms with Crippen LogP contribution in [0.25, 0.3) is 0 Å². The normalized spacial score (nSPS) is 36.7. The molecule has 0 radical (unpaired) electrons. The summed E-state index contributed by atoms with van der Waals surface area (Å²) in [6.07, 6.45) is 5.81. The molecule has 1 saturated carbocycles. The van der Waals surface area contributed by atoms with Gasteiger partial charge >= 0.3 is 0 Å². The van der Waals surface area contributed by atoms with Gasteiger partial charge in [0.1, 0.15) is 5.01 Å². The van der Waals surface area contributed by atoms with E-state index in [1.807, 2.05) is 6.20 Å². The quantitative estimate of drug-likeness (QED) is 0.835. The fourth-order valence-corrected chi connectivity index (χ4v) is 3.80. The lowest BCUT2D eigenvalue weighted by molar-refractivity contribution is 0.127. The predicted molar refractivity (Wildman–Crippen MR) is 65.0 cm³/mol. The smallest absolute Gasteiger partial charge is 0.113 e. The number of hydrogen-bond acceptors (Lipinski definition) is 3. The summed E-state index contributed by atoms with van der Waals surface area (Å²) in [4.78, 5) is 4.52. The SMILES string of the molecule is CNC1(c2nccs2)CC(C)CCC1C. The fourth-order valence-electron chi connectivity index (χ4n) is 2.83. The van der Waals surface area contributed by atoms with Gasteiger partial charge in [0, 0.05) is 11.6 Å². The number of nitrogens with zero attached hydrogens (tertiary/aromatic N) is 1. The van der Waals surface area contributed by atoms with Gasteiger partial charge < -0.3 is 5.32 Å². The lowest BCUT2D eigenvalue weighted by Crippen LogP contribution is -2.49. The molecule has 1 aliphatic rings. The van der Waals surface area contributed by atoms with Gasteiger partial charge in [-0.05, 0) is 31.7 Å². The van der Waals surface area contributed by atoms with Gasteiger partial charge in [0.2, 0.25) is 0 Å². The van der Waals surface area contributed by atoms with Crippen molar-refractivity contribution in [1.82, 2.24) is 10.3 Å². The van der Waals surface area contributed by atoms with Crippen LogP contribution in [0.15, 0.2) is 11.6 Å². The fraction of sp³-hybridized carbons (Fsp3) is 0.750. The monoisotopic (exact) mass is 224 g/mol. The minimum absolute atomic E-state index is 0.131. The average Bonchev–Trinajstić information content (AvgIpc) is 2.75. The van der Waals surface area contributed by atoms with E-state index in [4.69, 9.17) is 0 Å². The molecule has 84 valence electrons. The Morgan fingerprint density at radius 2 is 2.27 bits per heavy atom. The van der Waals surface area contributed by atoms with Crippen LogP contribution in [0.2, 0.25) is 0 Å². The summed E-state index contributed by atoms with van der Waals surface area (Å²) in [7, 11) is 2.08. The van der Waals surface area contributed by atoms with Gasteiger partial charge in [-0.3, -0.25) is 0 Å². The Balaban J connectivity index is 2.33. The van der Waals surface area contributed by atoms with Gasteiger partial charge in [-0.1, -0.05) is 20.3 Å². The van der Waals surface area contributed by atoms with Crippen molar-refractivity contribution in [2.75, 3.05) is 7.05 Å². The topological polar surface area (TPSA) is 24.9 Å². The molecule has 1 aromatic heterocycles. The second-order valence-electron chi connectivity index (χ2n) is 4.85. The third-order valence-corrected chi connectivity index (χ3v) is 4.81. The maximum absolute atomic E-state index is 4.52. The van der Waals surface area contributed by atoms with Crippen molar-refractivity contribution in [3.63, 3.8) is 0 Å². The van der Waals surface area contributed by atoms with Crippen molar-refractivity contribution in [2.45, 2.75) is 38.6 Å². The summed E-state index contributed by atoms with van der Waals surface area (Å²) >= 11 is 1.79. The first-order chi connectivity index (χ1) is 7.19. The third-order valence-electron chi connectivity index (χ3n) is 3.86. The third kappa shape index (κ3) is 1.83. The van der Waals surface area contributed by atoms with Gasteiger partial charge in [0.05, 0.1) is 5.54 Å². The van der Waals surface area contributed by atoms with E-state index < -0.39 is 0 Å². The molecule has 3 atom stereocenters. The van der Waals surface area contributed by atoms with E-state index >= 15 is 0 Å².